The zero-order valence-corrected chi connectivity index (χ0v) is 6.25. The van der Waals surface area contributed by atoms with Crippen LogP contribution < -0.4 is 0 Å². The van der Waals surface area contributed by atoms with E-state index >= 15 is 0 Å². The minimum absolute atomic E-state index is 0.491. The third-order valence-electron chi connectivity index (χ3n) is 1.15. The van der Waals surface area contributed by atoms with Crippen LogP contribution in [0.25, 0.3) is 0 Å². The van der Waals surface area contributed by atoms with Gasteiger partial charge in [-0.1, -0.05) is 11.6 Å². The summed E-state index contributed by atoms with van der Waals surface area (Å²) in [6.07, 6.45) is -3.23. The van der Waals surface area contributed by atoms with Crippen LogP contribution in [0.3, 0.4) is 0 Å². The van der Waals surface area contributed by atoms with Crippen molar-refractivity contribution in [1.29, 1.82) is 0 Å². The van der Waals surface area contributed by atoms with Crippen LogP contribution in [0.15, 0.2) is 6.07 Å². The molecule has 0 N–H and O–H groups in total. The van der Waals surface area contributed by atoms with Crippen LogP contribution in [0.1, 0.15) is 12.0 Å². The quantitative estimate of drug-likeness (QED) is 0.501. The van der Waals surface area contributed by atoms with Gasteiger partial charge in [0.2, 0.25) is 5.95 Å². The van der Waals surface area contributed by atoms with Crippen molar-refractivity contribution in [2.75, 3.05) is 0 Å². The van der Waals surface area contributed by atoms with Crippen LogP contribution in [-0.2, 0) is 0 Å². The van der Waals surface area contributed by atoms with E-state index in [2.05, 4.69) is 4.98 Å². The molecule has 0 amide bonds. The number of rotatable bonds is 1. The van der Waals surface area contributed by atoms with Gasteiger partial charge in [0.15, 0.2) is 0 Å². The zero-order valence-electron chi connectivity index (χ0n) is 5.49. The molecule has 6 heteroatoms. The summed E-state index contributed by atoms with van der Waals surface area (Å²) in [5, 5.41) is -0.491. The molecule has 0 atom stereocenters. The van der Waals surface area contributed by atoms with E-state index in [0.717, 1.165) is 0 Å². The molecule has 0 spiro atoms. The summed E-state index contributed by atoms with van der Waals surface area (Å²) < 4.78 is 48.7. The van der Waals surface area contributed by atoms with Gasteiger partial charge in [-0.15, -0.1) is 0 Å². The molecule has 1 heterocycles. The van der Waals surface area contributed by atoms with Gasteiger partial charge in [-0.3, -0.25) is 0 Å². The fourth-order valence-corrected chi connectivity index (χ4v) is 0.831. The summed E-state index contributed by atoms with van der Waals surface area (Å²) >= 11 is 5.09. The molecule has 0 bridgehead atoms. The van der Waals surface area contributed by atoms with Gasteiger partial charge in [0, 0.05) is 6.07 Å². The molecular weight excluding hydrogens is 198 g/mol. The lowest BCUT2D eigenvalue weighted by Crippen LogP contribution is -1.99. The predicted octanol–water partition coefficient (Wildman–Crippen LogP) is 2.95. The molecule has 12 heavy (non-hydrogen) atoms. The van der Waals surface area contributed by atoms with Crippen molar-refractivity contribution in [2.45, 2.75) is 6.43 Å². The Bertz CT molecular complexity index is 279. The normalized spacial score (nSPS) is 10.8. The molecule has 0 saturated carbocycles. The van der Waals surface area contributed by atoms with Crippen molar-refractivity contribution >= 4 is 11.6 Å². The highest BCUT2D eigenvalue weighted by Gasteiger charge is 2.20. The van der Waals surface area contributed by atoms with E-state index in [4.69, 9.17) is 11.6 Å². The standard InChI is InChI=1S/C6H2ClF4N/c7-3-1-2(8)4(5(9)10)6(11)12-3/h1,5H. The Balaban J connectivity index is 3.28. The van der Waals surface area contributed by atoms with Crippen molar-refractivity contribution in [3.05, 3.63) is 28.5 Å². The zero-order chi connectivity index (χ0) is 9.30. The highest BCUT2D eigenvalue weighted by Crippen LogP contribution is 2.25. The first-order valence-corrected chi connectivity index (χ1v) is 3.19. The van der Waals surface area contributed by atoms with Gasteiger partial charge in [-0.25, -0.2) is 18.2 Å². The lowest BCUT2D eigenvalue weighted by Gasteiger charge is -2.01. The summed E-state index contributed by atoms with van der Waals surface area (Å²) in [6, 6.07) is 0.534. The summed E-state index contributed by atoms with van der Waals surface area (Å²) in [7, 11) is 0. The van der Waals surface area contributed by atoms with E-state index in [1.807, 2.05) is 0 Å². The van der Waals surface area contributed by atoms with Crippen LogP contribution in [0.5, 0.6) is 0 Å². The van der Waals surface area contributed by atoms with E-state index in [1.54, 1.807) is 0 Å². The Morgan fingerprint density at radius 1 is 1.33 bits per heavy atom. The van der Waals surface area contributed by atoms with Crippen LogP contribution in [0, 0.1) is 11.8 Å². The number of hydrogen-bond donors (Lipinski definition) is 0. The second-order valence-electron chi connectivity index (χ2n) is 1.93. The molecule has 1 aromatic rings. The molecule has 1 rings (SSSR count). The molecule has 0 fully saturated rings. The van der Waals surface area contributed by atoms with Crippen LogP contribution in [0.4, 0.5) is 17.6 Å². The van der Waals surface area contributed by atoms with E-state index in [1.165, 1.54) is 0 Å². The number of hydrogen-bond acceptors (Lipinski definition) is 1. The van der Waals surface area contributed by atoms with E-state index in [0.29, 0.717) is 6.07 Å². The Kier molecular flexibility index (Phi) is 2.52. The first kappa shape index (κ1) is 9.25. The second-order valence-corrected chi connectivity index (χ2v) is 2.32. The molecule has 1 aromatic heterocycles. The lowest BCUT2D eigenvalue weighted by molar-refractivity contribution is 0.139. The minimum atomic E-state index is -3.23. The molecule has 0 unspecified atom stereocenters. The van der Waals surface area contributed by atoms with Crippen molar-refractivity contribution in [2.24, 2.45) is 0 Å². The van der Waals surface area contributed by atoms with Gasteiger partial charge in [-0.05, 0) is 0 Å². The van der Waals surface area contributed by atoms with E-state index < -0.39 is 28.9 Å². The highest BCUT2D eigenvalue weighted by atomic mass is 35.5. The van der Waals surface area contributed by atoms with Crippen molar-refractivity contribution < 1.29 is 17.6 Å². The van der Waals surface area contributed by atoms with E-state index in [-0.39, 0.29) is 0 Å². The third-order valence-corrected chi connectivity index (χ3v) is 1.34. The predicted molar refractivity (Wildman–Crippen MR) is 34.1 cm³/mol. The third kappa shape index (κ3) is 1.66. The fourth-order valence-electron chi connectivity index (χ4n) is 0.661. The fraction of sp³-hybridized carbons (Fsp3) is 0.167. The number of halogens is 5. The summed E-state index contributed by atoms with van der Waals surface area (Å²) in [6.45, 7) is 0. The van der Waals surface area contributed by atoms with E-state index in [9.17, 15) is 17.6 Å². The lowest BCUT2D eigenvalue weighted by atomic mass is 10.3. The highest BCUT2D eigenvalue weighted by molar-refractivity contribution is 6.29. The Morgan fingerprint density at radius 3 is 2.33 bits per heavy atom. The number of aromatic nitrogens is 1. The van der Waals surface area contributed by atoms with Crippen LogP contribution in [-0.4, -0.2) is 4.98 Å². The molecule has 0 aromatic carbocycles. The maximum Gasteiger partial charge on any atom is 0.271 e. The van der Waals surface area contributed by atoms with Crippen LogP contribution >= 0.6 is 11.6 Å². The largest absolute Gasteiger partial charge is 0.271 e. The van der Waals surface area contributed by atoms with Crippen LogP contribution in [0.2, 0.25) is 5.15 Å². The van der Waals surface area contributed by atoms with Gasteiger partial charge >= 0.3 is 0 Å². The summed E-state index contributed by atoms with van der Waals surface area (Å²) in [5.41, 5.74) is -1.35. The molecule has 66 valence electrons. The van der Waals surface area contributed by atoms with Crippen molar-refractivity contribution in [1.82, 2.24) is 4.98 Å². The SMILES string of the molecule is Fc1cc(Cl)nc(F)c1C(F)F. The topological polar surface area (TPSA) is 12.9 Å². The summed E-state index contributed by atoms with van der Waals surface area (Å²) in [4.78, 5) is 2.83. The maximum absolute atomic E-state index is 12.5. The maximum atomic E-state index is 12.5. The second kappa shape index (κ2) is 3.26. The van der Waals surface area contributed by atoms with Crippen molar-refractivity contribution in [3.63, 3.8) is 0 Å². The van der Waals surface area contributed by atoms with Gasteiger partial charge in [0.25, 0.3) is 6.43 Å². The molecule has 0 aliphatic heterocycles. The molecule has 0 saturated heterocycles. The number of nitrogens with zero attached hydrogens (tertiary/aromatic N) is 1. The number of pyridine rings is 1. The average Bonchev–Trinajstić information content (AvgIpc) is 1.82. The van der Waals surface area contributed by atoms with Gasteiger partial charge in [0.1, 0.15) is 16.5 Å². The monoisotopic (exact) mass is 199 g/mol. The molecule has 1 nitrogen and oxygen atoms in total. The Morgan fingerprint density at radius 2 is 1.92 bits per heavy atom. The number of alkyl halides is 2. The van der Waals surface area contributed by atoms with Gasteiger partial charge in [0.05, 0.1) is 0 Å². The first-order chi connectivity index (χ1) is 5.52. The molecule has 0 aliphatic rings. The van der Waals surface area contributed by atoms with Gasteiger partial charge in [-0.2, -0.15) is 4.39 Å². The summed E-state index contributed by atoms with van der Waals surface area (Å²) in [5.74, 6) is -2.96. The smallest absolute Gasteiger partial charge is 0.207 e. The average molecular weight is 200 g/mol. The van der Waals surface area contributed by atoms with Crippen molar-refractivity contribution in [3.8, 4) is 0 Å². The molecule has 0 radical (unpaired) electrons. The minimum Gasteiger partial charge on any atom is -0.207 e. The Labute approximate surface area is 70.0 Å². The first-order valence-electron chi connectivity index (χ1n) is 2.82. The Hall–Kier alpha value is -0.840. The molecular formula is C6H2ClF4N. The van der Waals surface area contributed by atoms with Gasteiger partial charge < -0.3 is 0 Å². The molecule has 0 aliphatic carbocycles.